The van der Waals surface area contributed by atoms with Crippen LogP contribution in [0.5, 0.6) is 0 Å². The maximum atomic E-state index is 13.0. The predicted molar refractivity (Wildman–Crippen MR) is 127 cm³/mol. The van der Waals surface area contributed by atoms with Crippen LogP contribution in [0.25, 0.3) is 0 Å². The zero-order valence-electron chi connectivity index (χ0n) is 21.9. The van der Waals surface area contributed by atoms with E-state index in [0.717, 1.165) is 32.1 Å². The Morgan fingerprint density at radius 2 is 1.65 bits per heavy atom. The van der Waals surface area contributed by atoms with Crippen molar-refractivity contribution in [3.8, 4) is 0 Å². The molecule has 0 aliphatic heterocycles. The molecule has 0 bridgehead atoms. The van der Waals surface area contributed by atoms with Crippen LogP contribution in [0.4, 0.5) is 0 Å². The molecule has 0 aromatic rings. The van der Waals surface area contributed by atoms with E-state index in [9.17, 15) is 4.79 Å². The minimum atomic E-state index is -0.349. The maximum absolute atomic E-state index is 13.0. The van der Waals surface area contributed by atoms with Crippen molar-refractivity contribution in [1.29, 1.82) is 0 Å². The fourth-order valence-electron chi connectivity index (χ4n) is 6.40. The Morgan fingerprint density at radius 1 is 0.968 bits per heavy atom. The van der Waals surface area contributed by atoms with Gasteiger partial charge in [0, 0.05) is 7.11 Å². The fourth-order valence-corrected chi connectivity index (χ4v) is 6.40. The summed E-state index contributed by atoms with van der Waals surface area (Å²) in [4.78, 5) is 13.0. The molecule has 182 valence electrons. The second-order valence-electron chi connectivity index (χ2n) is 11.9. The Balaban J connectivity index is 2.27. The Kier molecular flexibility index (Phi) is 9.06. The minimum Gasteiger partial charge on any atom is -0.469 e. The molecular formula is C27H50O4. The number of hydrogen-bond acceptors (Lipinski definition) is 4. The third-order valence-corrected chi connectivity index (χ3v) is 9.51. The van der Waals surface area contributed by atoms with Crippen molar-refractivity contribution in [2.45, 2.75) is 99.5 Å². The van der Waals surface area contributed by atoms with Gasteiger partial charge in [-0.15, -0.1) is 0 Å². The van der Waals surface area contributed by atoms with E-state index in [1.807, 2.05) is 0 Å². The average Bonchev–Trinajstić information content (AvgIpc) is 2.73. The Labute approximate surface area is 192 Å². The number of carbonyl (C=O) groups excluding carboxylic acids is 1. The summed E-state index contributed by atoms with van der Waals surface area (Å²) in [5.41, 5.74) is 0.0181. The number of carbonyl (C=O) groups is 1. The van der Waals surface area contributed by atoms with Gasteiger partial charge in [-0.3, -0.25) is 4.79 Å². The van der Waals surface area contributed by atoms with Crippen LogP contribution in [0, 0.1) is 39.9 Å². The van der Waals surface area contributed by atoms with Gasteiger partial charge in [-0.05, 0) is 79.4 Å². The van der Waals surface area contributed by atoms with Gasteiger partial charge >= 0.3 is 5.97 Å². The molecule has 4 nitrogen and oxygen atoms in total. The molecular weight excluding hydrogens is 388 g/mol. The molecule has 4 heteroatoms. The summed E-state index contributed by atoms with van der Waals surface area (Å²) in [6, 6.07) is 0. The highest BCUT2D eigenvalue weighted by atomic mass is 16.5. The maximum Gasteiger partial charge on any atom is 0.311 e. The first kappa shape index (κ1) is 26.6. The summed E-state index contributed by atoms with van der Waals surface area (Å²) in [7, 11) is 3.28. The third-order valence-electron chi connectivity index (χ3n) is 9.51. The highest BCUT2D eigenvalue weighted by molar-refractivity contribution is 5.77. The van der Waals surface area contributed by atoms with E-state index in [2.05, 4.69) is 48.5 Å². The molecule has 3 unspecified atom stereocenters. The average molecular weight is 439 g/mol. The molecule has 6 atom stereocenters. The lowest BCUT2D eigenvalue weighted by Gasteiger charge is -2.71. The molecule has 0 amide bonds. The first-order chi connectivity index (χ1) is 14.5. The van der Waals surface area contributed by atoms with Gasteiger partial charge in [-0.1, -0.05) is 48.5 Å². The van der Waals surface area contributed by atoms with Crippen LogP contribution in [-0.4, -0.2) is 39.5 Å². The van der Waals surface area contributed by atoms with Crippen LogP contribution in [0.1, 0.15) is 93.4 Å². The minimum absolute atomic E-state index is 0.00660. The number of fused-ring (bicyclic) bond motifs is 1. The van der Waals surface area contributed by atoms with Crippen molar-refractivity contribution in [2.24, 2.45) is 39.9 Å². The third kappa shape index (κ3) is 5.16. The van der Waals surface area contributed by atoms with Crippen molar-refractivity contribution in [3.63, 3.8) is 0 Å². The lowest BCUT2D eigenvalue weighted by atomic mass is 9.35. The second-order valence-corrected chi connectivity index (χ2v) is 11.9. The number of methoxy groups -OCH3 is 2. The van der Waals surface area contributed by atoms with E-state index in [1.54, 1.807) is 14.2 Å². The van der Waals surface area contributed by atoms with Crippen molar-refractivity contribution in [3.05, 3.63) is 0 Å². The Hall–Kier alpha value is -0.610. The van der Waals surface area contributed by atoms with E-state index in [0.29, 0.717) is 36.9 Å². The van der Waals surface area contributed by atoms with Crippen LogP contribution in [0.2, 0.25) is 0 Å². The predicted octanol–water partition coefficient (Wildman–Crippen LogP) is 6.51. The van der Waals surface area contributed by atoms with Gasteiger partial charge in [-0.2, -0.15) is 0 Å². The Morgan fingerprint density at radius 3 is 2.19 bits per heavy atom. The summed E-state index contributed by atoms with van der Waals surface area (Å²) in [5.74, 6) is 2.40. The molecule has 2 saturated carbocycles. The molecule has 2 aliphatic rings. The first-order valence-electron chi connectivity index (χ1n) is 12.7. The molecule has 2 aliphatic carbocycles. The molecule has 31 heavy (non-hydrogen) atoms. The second kappa shape index (κ2) is 10.5. The zero-order chi connectivity index (χ0) is 23.4. The van der Waals surface area contributed by atoms with E-state index in [1.165, 1.54) is 12.8 Å². The highest BCUT2D eigenvalue weighted by Gasteiger charge is 2.70. The van der Waals surface area contributed by atoms with Crippen molar-refractivity contribution in [2.75, 3.05) is 27.4 Å². The summed E-state index contributed by atoms with van der Waals surface area (Å²) in [6.07, 6.45) is 7.53. The lowest BCUT2D eigenvalue weighted by molar-refractivity contribution is -0.286. The van der Waals surface area contributed by atoms with Gasteiger partial charge in [0.05, 0.1) is 31.8 Å². The van der Waals surface area contributed by atoms with E-state index < -0.39 is 0 Å². The van der Waals surface area contributed by atoms with Gasteiger partial charge in [0.1, 0.15) is 0 Å². The topological polar surface area (TPSA) is 44.8 Å². The van der Waals surface area contributed by atoms with Crippen LogP contribution in [-0.2, 0) is 19.0 Å². The quantitative estimate of drug-likeness (QED) is 0.257. The number of rotatable bonds is 12. The smallest absolute Gasteiger partial charge is 0.311 e. The standard InChI is InChI=1S/C27H50O4/c1-19(2)10-13-27(24(28)30-9)15-14-25(6)22(18-27)23(31-17-16-29-8)26(25,7)12-11-21(5)20(3)4/h19-23H,10-18H2,1-9H3/t21?,22?,23-,25+,26-,27?/m1/s1. The van der Waals surface area contributed by atoms with Crippen molar-refractivity contribution < 1.29 is 19.0 Å². The molecule has 0 aromatic carbocycles. The molecule has 0 heterocycles. The summed E-state index contributed by atoms with van der Waals surface area (Å²) < 4.78 is 17.2. The van der Waals surface area contributed by atoms with Crippen LogP contribution < -0.4 is 0 Å². The van der Waals surface area contributed by atoms with Gasteiger partial charge in [0.25, 0.3) is 0 Å². The molecule has 0 spiro atoms. The van der Waals surface area contributed by atoms with Gasteiger partial charge in [0.15, 0.2) is 0 Å². The zero-order valence-corrected chi connectivity index (χ0v) is 21.9. The van der Waals surface area contributed by atoms with E-state index >= 15 is 0 Å². The van der Waals surface area contributed by atoms with Gasteiger partial charge in [-0.25, -0.2) is 0 Å². The summed E-state index contributed by atoms with van der Waals surface area (Å²) in [5, 5.41) is 0. The largest absolute Gasteiger partial charge is 0.469 e. The van der Waals surface area contributed by atoms with E-state index in [4.69, 9.17) is 14.2 Å². The number of hydrogen-bond donors (Lipinski definition) is 0. The van der Waals surface area contributed by atoms with Crippen LogP contribution in [0.3, 0.4) is 0 Å². The van der Waals surface area contributed by atoms with Gasteiger partial charge < -0.3 is 14.2 Å². The fraction of sp³-hybridized carbons (Fsp3) is 0.963. The van der Waals surface area contributed by atoms with E-state index in [-0.39, 0.29) is 28.3 Å². The molecule has 0 saturated heterocycles. The lowest BCUT2D eigenvalue weighted by Crippen LogP contribution is -2.70. The normalized spacial score (nSPS) is 36.2. The SMILES string of the molecule is COCCO[C@@H]1C2CC(CCC(C)C)(C(=O)OC)CC[C@]2(C)[C@]1(C)CCC(C)C(C)C. The highest BCUT2D eigenvalue weighted by Crippen LogP contribution is 2.72. The number of ether oxygens (including phenoxy) is 3. The van der Waals surface area contributed by atoms with Crippen LogP contribution in [0.15, 0.2) is 0 Å². The summed E-state index contributed by atoms with van der Waals surface area (Å²) in [6.45, 7) is 17.7. The van der Waals surface area contributed by atoms with Crippen LogP contribution >= 0.6 is 0 Å². The van der Waals surface area contributed by atoms with Crippen molar-refractivity contribution >= 4 is 5.97 Å². The summed E-state index contributed by atoms with van der Waals surface area (Å²) >= 11 is 0. The Bertz CT molecular complexity index is 588. The monoisotopic (exact) mass is 438 g/mol. The number of esters is 1. The first-order valence-corrected chi connectivity index (χ1v) is 12.7. The molecule has 0 N–H and O–H groups in total. The van der Waals surface area contributed by atoms with Gasteiger partial charge in [0.2, 0.25) is 0 Å². The molecule has 2 rings (SSSR count). The molecule has 2 fully saturated rings. The van der Waals surface area contributed by atoms with Crippen molar-refractivity contribution in [1.82, 2.24) is 0 Å². The molecule has 0 radical (unpaired) electrons. The molecule has 0 aromatic heterocycles.